The van der Waals surface area contributed by atoms with E-state index < -0.39 is 9.24 Å². The lowest BCUT2D eigenvalue weighted by atomic mass is 10.1. The van der Waals surface area contributed by atoms with Crippen LogP contribution < -0.4 is 0 Å². The van der Waals surface area contributed by atoms with E-state index in [4.69, 9.17) is 10.7 Å². The minimum absolute atomic E-state index is 0.286. The summed E-state index contributed by atoms with van der Waals surface area (Å²) in [4.78, 5) is 2.07. The molecular formula is C11H17ClN2O2S. The quantitative estimate of drug-likeness (QED) is 0.768. The Labute approximate surface area is 107 Å². The molecule has 0 heterocycles. The van der Waals surface area contributed by atoms with Gasteiger partial charge in [-0.2, -0.15) is 12.7 Å². The number of benzene rings is 1. The van der Waals surface area contributed by atoms with Gasteiger partial charge in [0, 0.05) is 30.8 Å². The van der Waals surface area contributed by atoms with Crippen LogP contribution in [0.4, 0.5) is 0 Å². The van der Waals surface area contributed by atoms with Gasteiger partial charge >= 0.3 is 0 Å². The molecular weight excluding hydrogens is 260 g/mol. The highest BCUT2D eigenvalue weighted by Crippen LogP contribution is 2.11. The van der Waals surface area contributed by atoms with Gasteiger partial charge in [-0.1, -0.05) is 24.3 Å². The molecule has 6 heteroatoms. The van der Waals surface area contributed by atoms with E-state index in [9.17, 15) is 8.42 Å². The van der Waals surface area contributed by atoms with Crippen molar-refractivity contribution >= 4 is 19.9 Å². The summed E-state index contributed by atoms with van der Waals surface area (Å²) in [6.07, 6.45) is 0. The van der Waals surface area contributed by atoms with Crippen molar-refractivity contribution in [1.29, 1.82) is 0 Å². The highest BCUT2D eigenvalue weighted by Gasteiger charge is 2.13. The average Bonchev–Trinajstić information content (AvgIpc) is 2.18. The summed E-state index contributed by atoms with van der Waals surface area (Å²) in [7, 11) is 7.05. The summed E-state index contributed by atoms with van der Waals surface area (Å²) >= 11 is 0. The van der Waals surface area contributed by atoms with Gasteiger partial charge in [0.15, 0.2) is 0 Å². The van der Waals surface area contributed by atoms with Crippen molar-refractivity contribution in [3.8, 4) is 0 Å². The summed E-state index contributed by atoms with van der Waals surface area (Å²) in [5, 5.41) is 0. The van der Waals surface area contributed by atoms with Gasteiger partial charge in [0.05, 0.1) is 0 Å². The predicted octanol–water partition coefficient (Wildman–Crippen LogP) is 1.66. The zero-order valence-corrected chi connectivity index (χ0v) is 11.8. The Hall–Kier alpha value is -0.620. The Morgan fingerprint density at radius 2 is 1.41 bits per heavy atom. The summed E-state index contributed by atoms with van der Waals surface area (Å²) in [5.41, 5.74) is 2.11. The maximum absolute atomic E-state index is 11.0. The summed E-state index contributed by atoms with van der Waals surface area (Å²) in [5.74, 6) is 0. The number of halogens is 1. The molecule has 1 aromatic rings. The van der Waals surface area contributed by atoms with Gasteiger partial charge in [-0.05, 0) is 25.2 Å². The fraction of sp³-hybridized carbons (Fsp3) is 0.455. The van der Waals surface area contributed by atoms with Crippen LogP contribution in [0.3, 0.4) is 0 Å². The van der Waals surface area contributed by atoms with Gasteiger partial charge in [0.25, 0.3) is 9.24 Å². The molecule has 0 aliphatic rings. The third-order valence-electron chi connectivity index (χ3n) is 2.30. The van der Waals surface area contributed by atoms with E-state index in [1.54, 1.807) is 0 Å². The molecule has 0 spiro atoms. The topological polar surface area (TPSA) is 40.6 Å². The lowest BCUT2D eigenvalue weighted by Gasteiger charge is -2.13. The van der Waals surface area contributed by atoms with Crippen molar-refractivity contribution in [2.75, 3.05) is 21.1 Å². The second-order valence-electron chi connectivity index (χ2n) is 4.25. The summed E-state index contributed by atoms with van der Waals surface area (Å²) in [6.45, 7) is 1.15. The molecule has 0 saturated carbocycles. The highest BCUT2D eigenvalue weighted by molar-refractivity contribution is 8.11. The van der Waals surface area contributed by atoms with Crippen LogP contribution in [0.2, 0.25) is 0 Å². The first kappa shape index (κ1) is 14.4. The normalized spacial score (nSPS) is 12.4. The Kier molecular flexibility index (Phi) is 4.94. The molecule has 1 aromatic carbocycles. The fourth-order valence-electron chi connectivity index (χ4n) is 1.45. The number of rotatable bonds is 5. The third-order valence-corrected chi connectivity index (χ3v) is 3.88. The maximum Gasteiger partial charge on any atom is 0.299 e. The van der Waals surface area contributed by atoms with Crippen LogP contribution in [0.25, 0.3) is 0 Å². The highest BCUT2D eigenvalue weighted by atomic mass is 35.7. The number of nitrogens with zero attached hydrogens (tertiary/aromatic N) is 2. The second kappa shape index (κ2) is 5.82. The molecule has 4 nitrogen and oxygen atoms in total. The van der Waals surface area contributed by atoms with E-state index in [0.717, 1.165) is 16.4 Å². The van der Waals surface area contributed by atoms with Crippen LogP contribution >= 0.6 is 10.7 Å². The van der Waals surface area contributed by atoms with E-state index in [1.165, 1.54) is 12.6 Å². The number of hydrogen-bond donors (Lipinski definition) is 0. The van der Waals surface area contributed by atoms with Crippen molar-refractivity contribution < 1.29 is 8.42 Å². The van der Waals surface area contributed by atoms with E-state index in [0.29, 0.717) is 0 Å². The summed E-state index contributed by atoms with van der Waals surface area (Å²) < 4.78 is 23.2. The molecule has 0 N–H and O–H groups in total. The largest absolute Gasteiger partial charge is 0.305 e. The molecule has 0 aromatic heterocycles. The Morgan fingerprint density at radius 1 is 1.00 bits per heavy atom. The molecule has 0 amide bonds. The van der Waals surface area contributed by atoms with Crippen molar-refractivity contribution in [3.63, 3.8) is 0 Å². The van der Waals surface area contributed by atoms with Crippen molar-refractivity contribution in [3.05, 3.63) is 35.4 Å². The molecule has 0 unspecified atom stereocenters. The first-order valence-corrected chi connectivity index (χ1v) is 7.44. The van der Waals surface area contributed by atoms with Crippen LogP contribution in [-0.2, 0) is 22.3 Å². The fourth-order valence-corrected chi connectivity index (χ4v) is 1.90. The van der Waals surface area contributed by atoms with E-state index in [1.807, 2.05) is 38.4 Å². The number of hydrogen-bond acceptors (Lipinski definition) is 3. The monoisotopic (exact) mass is 276 g/mol. The molecule has 0 saturated heterocycles. The van der Waals surface area contributed by atoms with Gasteiger partial charge in [0.2, 0.25) is 0 Å². The van der Waals surface area contributed by atoms with Gasteiger partial charge in [-0.15, -0.1) is 0 Å². The first-order valence-electron chi connectivity index (χ1n) is 5.17. The van der Waals surface area contributed by atoms with Crippen molar-refractivity contribution in [1.82, 2.24) is 9.21 Å². The molecule has 0 radical (unpaired) electrons. The molecule has 0 aliphatic heterocycles. The lowest BCUT2D eigenvalue weighted by Crippen LogP contribution is -2.21. The Bertz CT molecular complexity index is 457. The lowest BCUT2D eigenvalue weighted by molar-refractivity contribution is 0.402. The van der Waals surface area contributed by atoms with Crippen LogP contribution in [0.1, 0.15) is 11.1 Å². The zero-order valence-electron chi connectivity index (χ0n) is 10.2. The molecule has 0 aliphatic carbocycles. The maximum atomic E-state index is 11.0. The minimum atomic E-state index is -3.63. The molecule has 0 bridgehead atoms. The van der Waals surface area contributed by atoms with Crippen molar-refractivity contribution in [2.24, 2.45) is 0 Å². The third kappa shape index (κ3) is 5.04. The van der Waals surface area contributed by atoms with E-state index in [2.05, 4.69) is 4.90 Å². The average molecular weight is 277 g/mol. The van der Waals surface area contributed by atoms with Crippen LogP contribution in [0, 0.1) is 0 Å². The van der Waals surface area contributed by atoms with E-state index >= 15 is 0 Å². The standard InChI is InChI=1S/C11H17ClN2O2S/c1-13(2)8-10-4-6-11(7-5-10)9-14(3)17(12,15)16/h4-7H,8-9H2,1-3H3. The molecule has 96 valence electrons. The van der Waals surface area contributed by atoms with Crippen LogP contribution in [-0.4, -0.2) is 38.8 Å². The Morgan fingerprint density at radius 3 is 1.76 bits per heavy atom. The molecule has 0 fully saturated rings. The van der Waals surface area contributed by atoms with Gasteiger partial charge in [-0.25, -0.2) is 0 Å². The zero-order chi connectivity index (χ0) is 13.1. The van der Waals surface area contributed by atoms with Gasteiger partial charge in [0.1, 0.15) is 0 Å². The molecule has 17 heavy (non-hydrogen) atoms. The van der Waals surface area contributed by atoms with Crippen LogP contribution in [0.15, 0.2) is 24.3 Å². The minimum Gasteiger partial charge on any atom is -0.305 e. The van der Waals surface area contributed by atoms with E-state index in [-0.39, 0.29) is 6.54 Å². The van der Waals surface area contributed by atoms with Crippen LogP contribution in [0.5, 0.6) is 0 Å². The molecule has 1 rings (SSSR count). The smallest absolute Gasteiger partial charge is 0.299 e. The second-order valence-corrected chi connectivity index (χ2v) is 6.87. The first-order chi connectivity index (χ1) is 7.79. The predicted molar refractivity (Wildman–Crippen MR) is 70.1 cm³/mol. The van der Waals surface area contributed by atoms with Gasteiger partial charge < -0.3 is 4.90 Å². The summed E-state index contributed by atoms with van der Waals surface area (Å²) in [6, 6.07) is 7.81. The Balaban J connectivity index is 2.69. The molecule has 0 atom stereocenters. The van der Waals surface area contributed by atoms with Crippen molar-refractivity contribution in [2.45, 2.75) is 13.1 Å². The van der Waals surface area contributed by atoms with Gasteiger partial charge in [-0.3, -0.25) is 0 Å². The SMILES string of the molecule is CN(C)Cc1ccc(CN(C)S(=O)(=O)Cl)cc1.